The highest BCUT2D eigenvalue weighted by molar-refractivity contribution is 6.33. The number of aromatic nitrogens is 1. The van der Waals surface area contributed by atoms with E-state index in [1.165, 1.54) is 12.8 Å². The molecule has 1 N–H and O–H groups in total. The SMILES string of the molecule is CC1(C)CCCC(Nc2ncc(C(=O)N3CCOCC3)cc2Cl)C1. The van der Waals surface area contributed by atoms with Crippen LogP contribution in [0.4, 0.5) is 5.82 Å². The second kappa shape index (κ2) is 7.28. The van der Waals surface area contributed by atoms with Crippen LogP contribution < -0.4 is 5.32 Å². The lowest BCUT2D eigenvalue weighted by atomic mass is 9.75. The molecule has 1 unspecified atom stereocenters. The highest BCUT2D eigenvalue weighted by atomic mass is 35.5. The summed E-state index contributed by atoms with van der Waals surface area (Å²) in [5, 5.41) is 3.97. The van der Waals surface area contributed by atoms with Crippen molar-refractivity contribution in [2.24, 2.45) is 5.41 Å². The van der Waals surface area contributed by atoms with Crippen LogP contribution in [-0.4, -0.2) is 48.1 Å². The van der Waals surface area contributed by atoms with Crippen LogP contribution in [0.2, 0.25) is 5.02 Å². The van der Waals surface area contributed by atoms with Gasteiger partial charge in [0.25, 0.3) is 5.91 Å². The number of ether oxygens (including phenoxy) is 1. The molecule has 0 radical (unpaired) electrons. The molecule has 3 rings (SSSR count). The number of pyridine rings is 1. The van der Waals surface area contributed by atoms with Gasteiger partial charge in [0, 0.05) is 25.3 Å². The van der Waals surface area contributed by atoms with E-state index >= 15 is 0 Å². The van der Waals surface area contributed by atoms with Crippen LogP contribution in [0.15, 0.2) is 12.3 Å². The van der Waals surface area contributed by atoms with Crippen molar-refractivity contribution in [2.75, 3.05) is 31.6 Å². The Morgan fingerprint density at radius 1 is 1.42 bits per heavy atom. The largest absolute Gasteiger partial charge is 0.378 e. The third kappa shape index (κ3) is 4.19. The van der Waals surface area contributed by atoms with E-state index in [1.54, 1.807) is 17.2 Å². The molecule has 1 aromatic heterocycles. The smallest absolute Gasteiger partial charge is 0.255 e. The van der Waals surface area contributed by atoms with E-state index in [-0.39, 0.29) is 5.91 Å². The zero-order chi connectivity index (χ0) is 17.2. The third-order valence-electron chi connectivity index (χ3n) is 4.93. The van der Waals surface area contributed by atoms with E-state index in [0.717, 1.165) is 12.8 Å². The molecular weight excluding hydrogens is 326 g/mol. The van der Waals surface area contributed by atoms with Gasteiger partial charge in [0.1, 0.15) is 5.82 Å². The minimum atomic E-state index is -0.0296. The quantitative estimate of drug-likeness (QED) is 0.904. The van der Waals surface area contributed by atoms with Gasteiger partial charge in [0.05, 0.1) is 23.8 Å². The second-order valence-electron chi connectivity index (χ2n) is 7.56. The van der Waals surface area contributed by atoms with Crippen LogP contribution in [0.5, 0.6) is 0 Å². The van der Waals surface area contributed by atoms with Crippen molar-refractivity contribution >= 4 is 23.3 Å². The Morgan fingerprint density at radius 2 is 2.17 bits per heavy atom. The Labute approximate surface area is 148 Å². The minimum Gasteiger partial charge on any atom is -0.378 e. The molecule has 1 saturated carbocycles. The first-order chi connectivity index (χ1) is 11.4. The molecule has 1 aliphatic carbocycles. The maximum absolute atomic E-state index is 12.5. The lowest BCUT2D eigenvalue weighted by Gasteiger charge is -2.36. The molecule has 2 fully saturated rings. The summed E-state index contributed by atoms with van der Waals surface area (Å²) in [6, 6.07) is 2.11. The number of carbonyl (C=O) groups excluding carboxylic acids is 1. The average molecular weight is 352 g/mol. The average Bonchev–Trinajstić information content (AvgIpc) is 2.56. The summed E-state index contributed by atoms with van der Waals surface area (Å²) in [6.45, 7) is 7.02. The number of hydrogen-bond acceptors (Lipinski definition) is 4. The van der Waals surface area contributed by atoms with Crippen LogP contribution >= 0.6 is 11.6 Å². The number of rotatable bonds is 3. The first-order valence-corrected chi connectivity index (χ1v) is 9.11. The van der Waals surface area contributed by atoms with Crippen LogP contribution in [-0.2, 0) is 4.74 Å². The van der Waals surface area contributed by atoms with Gasteiger partial charge >= 0.3 is 0 Å². The van der Waals surface area contributed by atoms with E-state index in [1.807, 2.05) is 0 Å². The van der Waals surface area contributed by atoms with Crippen LogP contribution in [0.1, 0.15) is 49.9 Å². The van der Waals surface area contributed by atoms with Gasteiger partial charge in [-0.15, -0.1) is 0 Å². The zero-order valence-electron chi connectivity index (χ0n) is 14.5. The van der Waals surface area contributed by atoms with Gasteiger partial charge in [-0.25, -0.2) is 4.98 Å². The third-order valence-corrected chi connectivity index (χ3v) is 5.22. The van der Waals surface area contributed by atoms with E-state index in [9.17, 15) is 4.79 Å². The summed E-state index contributed by atoms with van der Waals surface area (Å²) in [5.41, 5.74) is 0.894. The first kappa shape index (κ1) is 17.5. The summed E-state index contributed by atoms with van der Waals surface area (Å²) >= 11 is 6.38. The number of halogens is 1. The fourth-order valence-corrected chi connectivity index (χ4v) is 3.85. The molecular formula is C18H26ClN3O2. The molecule has 2 aliphatic rings. The second-order valence-corrected chi connectivity index (χ2v) is 7.97. The van der Waals surface area contributed by atoms with Gasteiger partial charge in [0.15, 0.2) is 0 Å². The molecule has 1 aromatic rings. The number of nitrogens with one attached hydrogen (secondary N) is 1. The van der Waals surface area contributed by atoms with Crippen LogP contribution in [0, 0.1) is 5.41 Å². The van der Waals surface area contributed by atoms with Gasteiger partial charge in [-0.3, -0.25) is 4.79 Å². The van der Waals surface area contributed by atoms with Crippen LogP contribution in [0.3, 0.4) is 0 Å². The van der Waals surface area contributed by atoms with Crippen molar-refractivity contribution in [3.8, 4) is 0 Å². The lowest BCUT2D eigenvalue weighted by Crippen LogP contribution is -2.40. The molecule has 1 saturated heterocycles. The monoisotopic (exact) mass is 351 g/mol. The van der Waals surface area contributed by atoms with Crippen molar-refractivity contribution in [1.29, 1.82) is 0 Å². The van der Waals surface area contributed by atoms with Gasteiger partial charge in [-0.05, 0) is 30.7 Å². The van der Waals surface area contributed by atoms with Crippen molar-refractivity contribution in [1.82, 2.24) is 9.88 Å². The highest BCUT2D eigenvalue weighted by Gasteiger charge is 2.28. The predicted octanol–water partition coefficient (Wildman–Crippen LogP) is 3.59. The van der Waals surface area contributed by atoms with Crippen molar-refractivity contribution in [2.45, 2.75) is 45.6 Å². The summed E-state index contributed by atoms with van der Waals surface area (Å²) in [4.78, 5) is 18.7. The first-order valence-electron chi connectivity index (χ1n) is 8.74. The molecule has 2 heterocycles. The topological polar surface area (TPSA) is 54.5 Å². The number of anilines is 1. The van der Waals surface area contributed by atoms with E-state index < -0.39 is 0 Å². The highest BCUT2D eigenvalue weighted by Crippen LogP contribution is 2.36. The molecule has 6 heteroatoms. The molecule has 1 amide bonds. The summed E-state index contributed by atoms with van der Waals surface area (Å²) in [7, 11) is 0. The van der Waals surface area contributed by atoms with E-state index in [4.69, 9.17) is 16.3 Å². The fraction of sp³-hybridized carbons (Fsp3) is 0.667. The Bertz CT molecular complexity index is 600. The minimum absolute atomic E-state index is 0.0296. The number of nitrogens with zero attached hydrogens (tertiary/aromatic N) is 2. The standard InChI is InChI=1S/C18H26ClN3O2/c1-18(2)5-3-4-14(11-18)21-16-15(19)10-13(12-20-16)17(23)22-6-8-24-9-7-22/h10,12,14H,3-9,11H2,1-2H3,(H,20,21). The maximum Gasteiger partial charge on any atom is 0.255 e. The number of hydrogen-bond donors (Lipinski definition) is 1. The summed E-state index contributed by atoms with van der Waals surface area (Å²) in [5.74, 6) is 0.649. The summed E-state index contributed by atoms with van der Waals surface area (Å²) in [6.07, 6.45) is 6.35. The van der Waals surface area contributed by atoms with Gasteiger partial charge < -0.3 is 15.0 Å². The maximum atomic E-state index is 12.5. The van der Waals surface area contributed by atoms with E-state index in [2.05, 4.69) is 24.1 Å². The molecule has 1 atom stereocenters. The molecule has 132 valence electrons. The van der Waals surface area contributed by atoms with Gasteiger partial charge in [-0.1, -0.05) is 31.9 Å². The number of carbonyl (C=O) groups is 1. The molecule has 24 heavy (non-hydrogen) atoms. The molecule has 5 nitrogen and oxygen atoms in total. The Kier molecular flexibility index (Phi) is 5.30. The molecule has 0 spiro atoms. The van der Waals surface area contributed by atoms with Gasteiger partial charge in [-0.2, -0.15) is 0 Å². The Morgan fingerprint density at radius 3 is 2.83 bits per heavy atom. The lowest BCUT2D eigenvalue weighted by molar-refractivity contribution is 0.0302. The predicted molar refractivity (Wildman–Crippen MR) is 95.6 cm³/mol. The Balaban J connectivity index is 1.67. The molecule has 0 aromatic carbocycles. The van der Waals surface area contributed by atoms with E-state index in [0.29, 0.717) is 54.2 Å². The van der Waals surface area contributed by atoms with Crippen LogP contribution in [0.25, 0.3) is 0 Å². The van der Waals surface area contributed by atoms with Crippen molar-refractivity contribution < 1.29 is 9.53 Å². The number of amides is 1. The number of morpholine rings is 1. The Hall–Kier alpha value is -1.33. The van der Waals surface area contributed by atoms with Crippen molar-refractivity contribution in [3.63, 3.8) is 0 Å². The molecule has 1 aliphatic heterocycles. The summed E-state index contributed by atoms with van der Waals surface area (Å²) < 4.78 is 5.28. The molecule has 0 bridgehead atoms. The normalized spacial score (nSPS) is 23.8. The fourth-order valence-electron chi connectivity index (χ4n) is 3.62. The van der Waals surface area contributed by atoms with Crippen molar-refractivity contribution in [3.05, 3.63) is 22.8 Å². The zero-order valence-corrected chi connectivity index (χ0v) is 15.2. The van der Waals surface area contributed by atoms with Gasteiger partial charge in [0.2, 0.25) is 0 Å².